The second kappa shape index (κ2) is 8.98. The predicted molar refractivity (Wildman–Crippen MR) is 81.8 cm³/mol. The Morgan fingerprint density at radius 3 is 2.65 bits per heavy atom. The molecule has 1 saturated carbocycles. The van der Waals surface area contributed by atoms with E-state index in [4.69, 9.17) is 9.84 Å². The summed E-state index contributed by atoms with van der Waals surface area (Å²) in [5, 5.41) is 22.3. The van der Waals surface area contributed by atoms with Crippen LogP contribution in [0, 0.1) is 5.92 Å². The molecule has 0 aromatic carbocycles. The molecule has 1 rings (SSSR count). The van der Waals surface area contributed by atoms with Crippen molar-refractivity contribution >= 4 is 0 Å². The monoisotopic (exact) mass is 287 g/mol. The normalized spacial score (nSPS) is 25.6. The molecule has 0 saturated heterocycles. The van der Waals surface area contributed by atoms with Crippen LogP contribution in [0.1, 0.15) is 59.3 Å². The Labute approximate surface area is 123 Å². The molecule has 4 heteroatoms. The minimum absolute atomic E-state index is 0.146. The molecule has 20 heavy (non-hydrogen) atoms. The zero-order chi connectivity index (χ0) is 15.0. The lowest BCUT2D eigenvalue weighted by molar-refractivity contribution is -0.0511. The lowest BCUT2D eigenvalue weighted by Crippen LogP contribution is -2.45. The van der Waals surface area contributed by atoms with E-state index in [9.17, 15) is 5.11 Å². The minimum Gasteiger partial charge on any atom is -0.396 e. The third kappa shape index (κ3) is 6.53. The lowest BCUT2D eigenvalue weighted by Gasteiger charge is -2.32. The summed E-state index contributed by atoms with van der Waals surface area (Å²) < 4.78 is 5.93. The molecule has 3 atom stereocenters. The van der Waals surface area contributed by atoms with Gasteiger partial charge in [-0.3, -0.25) is 0 Å². The summed E-state index contributed by atoms with van der Waals surface area (Å²) in [5.74, 6) is 0.662. The molecule has 3 N–H and O–H groups in total. The smallest absolute Gasteiger partial charge is 0.0898 e. The summed E-state index contributed by atoms with van der Waals surface area (Å²) in [5.41, 5.74) is -0.146. The molecule has 0 bridgehead atoms. The maximum Gasteiger partial charge on any atom is 0.0898 e. The Bertz CT molecular complexity index is 258. The number of hydrogen-bond donors (Lipinski definition) is 3. The van der Waals surface area contributed by atoms with E-state index in [-0.39, 0.29) is 12.1 Å². The third-order valence-corrected chi connectivity index (χ3v) is 4.42. The van der Waals surface area contributed by atoms with Gasteiger partial charge in [0.2, 0.25) is 0 Å². The quantitative estimate of drug-likeness (QED) is 0.607. The average molecular weight is 287 g/mol. The first-order valence-electron chi connectivity index (χ1n) is 8.14. The highest BCUT2D eigenvalue weighted by atomic mass is 16.5. The molecule has 1 fully saturated rings. The van der Waals surface area contributed by atoms with E-state index in [0.29, 0.717) is 31.6 Å². The molecule has 0 aromatic rings. The van der Waals surface area contributed by atoms with Crippen LogP contribution < -0.4 is 5.32 Å². The van der Waals surface area contributed by atoms with Gasteiger partial charge in [0.25, 0.3) is 0 Å². The van der Waals surface area contributed by atoms with Crippen LogP contribution in [0.3, 0.4) is 0 Å². The highest BCUT2D eigenvalue weighted by molar-refractivity contribution is 4.79. The Hall–Kier alpha value is -0.160. The van der Waals surface area contributed by atoms with Gasteiger partial charge in [0.05, 0.1) is 18.8 Å². The molecule has 1 aliphatic carbocycles. The average Bonchev–Trinajstić information content (AvgIpc) is 2.43. The van der Waals surface area contributed by atoms with Crippen LogP contribution in [0.5, 0.6) is 0 Å². The number of rotatable bonds is 9. The van der Waals surface area contributed by atoms with Gasteiger partial charge < -0.3 is 20.3 Å². The zero-order valence-electron chi connectivity index (χ0n) is 13.4. The van der Waals surface area contributed by atoms with Crippen molar-refractivity contribution in [3.05, 3.63) is 0 Å². The van der Waals surface area contributed by atoms with Gasteiger partial charge in [0, 0.05) is 18.7 Å². The van der Waals surface area contributed by atoms with Crippen molar-refractivity contribution in [3.8, 4) is 0 Å². The second-order valence-electron chi connectivity index (χ2n) is 6.72. The number of ether oxygens (including phenoxy) is 1. The van der Waals surface area contributed by atoms with Crippen LogP contribution in [0.2, 0.25) is 0 Å². The van der Waals surface area contributed by atoms with Gasteiger partial charge in [-0.05, 0) is 39.0 Å². The fraction of sp³-hybridized carbons (Fsp3) is 1.00. The highest BCUT2D eigenvalue weighted by Crippen LogP contribution is 2.29. The summed E-state index contributed by atoms with van der Waals surface area (Å²) in [7, 11) is 0. The molecule has 0 aliphatic heterocycles. The number of nitrogens with one attached hydrogen (secondary N) is 1. The fourth-order valence-corrected chi connectivity index (χ4v) is 2.92. The summed E-state index contributed by atoms with van der Waals surface area (Å²) in [6, 6.07) is 0. The zero-order valence-corrected chi connectivity index (χ0v) is 13.4. The van der Waals surface area contributed by atoms with Crippen LogP contribution in [0.25, 0.3) is 0 Å². The van der Waals surface area contributed by atoms with Gasteiger partial charge in [-0.1, -0.05) is 26.2 Å². The fourth-order valence-electron chi connectivity index (χ4n) is 2.92. The number of β-amino-alcohol motifs (C(OH)–C–C–N with tert-alkyl or cyclic N) is 1. The van der Waals surface area contributed by atoms with Crippen molar-refractivity contribution in [2.45, 2.75) is 77.0 Å². The second-order valence-corrected chi connectivity index (χ2v) is 6.72. The lowest BCUT2D eigenvalue weighted by atomic mass is 9.85. The first kappa shape index (κ1) is 17.9. The van der Waals surface area contributed by atoms with Crippen molar-refractivity contribution in [2.75, 3.05) is 19.8 Å². The first-order valence-corrected chi connectivity index (χ1v) is 8.14. The van der Waals surface area contributed by atoms with Gasteiger partial charge in [-0.15, -0.1) is 0 Å². The Morgan fingerprint density at radius 1 is 1.30 bits per heavy atom. The maximum absolute atomic E-state index is 10.0. The van der Waals surface area contributed by atoms with Crippen LogP contribution in [-0.2, 0) is 4.74 Å². The van der Waals surface area contributed by atoms with E-state index >= 15 is 0 Å². The standard InChI is InChI=1S/C16H33NO3/c1-4-13-7-5-6-8-15(13)20-12-14(19)11-17-16(2,3)9-10-18/h13-15,17-19H,4-12H2,1-3H3. The van der Waals surface area contributed by atoms with Gasteiger partial charge in [-0.25, -0.2) is 0 Å². The van der Waals surface area contributed by atoms with Gasteiger partial charge in [0.1, 0.15) is 0 Å². The summed E-state index contributed by atoms with van der Waals surface area (Å²) in [6.07, 6.45) is 6.66. The molecule has 0 aromatic heterocycles. The molecule has 4 nitrogen and oxygen atoms in total. The number of aliphatic hydroxyl groups is 2. The molecule has 1 aliphatic rings. The van der Waals surface area contributed by atoms with Gasteiger partial charge in [-0.2, -0.15) is 0 Å². The van der Waals surface area contributed by atoms with E-state index in [0.717, 1.165) is 6.42 Å². The highest BCUT2D eigenvalue weighted by Gasteiger charge is 2.25. The Balaban J connectivity index is 2.23. The largest absolute Gasteiger partial charge is 0.396 e. The van der Waals surface area contributed by atoms with E-state index in [1.54, 1.807) is 0 Å². The minimum atomic E-state index is -0.479. The van der Waals surface area contributed by atoms with E-state index in [1.165, 1.54) is 25.7 Å². The summed E-state index contributed by atoms with van der Waals surface area (Å²) >= 11 is 0. The molecule has 0 amide bonds. The SMILES string of the molecule is CCC1CCCCC1OCC(O)CNC(C)(C)CCO. The van der Waals surface area contributed by atoms with Crippen LogP contribution in [0.15, 0.2) is 0 Å². The third-order valence-electron chi connectivity index (χ3n) is 4.42. The van der Waals surface area contributed by atoms with E-state index in [1.807, 2.05) is 13.8 Å². The van der Waals surface area contributed by atoms with Crippen molar-refractivity contribution in [1.82, 2.24) is 5.32 Å². The Morgan fingerprint density at radius 2 is 2.00 bits per heavy atom. The maximum atomic E-state index is 10.0. The summed E-state index contributed by atoms with van der Waals surface area (Å²) in [4.78, 5) is 0. The molecule has 0 heterocycles. The Kier molecular flexibility index (Phi) is 8.03. The van der Waals surface area contributed by atoms with Gasteiger partial charge in [0.15, 0.2) is 0 Å². The van der Waals surface area contributed by atoms with Crippen molar-refractivity contribution in [2.24, 2.45) is 5.92 Å². The molecule has 0 spiro atoms. The van der Waals surface area contributed by atoms with E-state index < -0.39 is 6.10 Å². The molecule has 3 unspecified atom stereocenters. The number of hydrogen-bond acceptors (Lipinski definition) is 4. The topological polar surface area (TPSA) is 61.7 Å². The van der Waals surface area contributed by atoms with Crippen molar-refractivity contribution in [3.63, 3.8) is 0 Å². The molecule has 0 radical (unpaired) electrons. The van der Waals surface area contributed by atoms with E-state index in [2.05, 4.69) is 12.2 Å². The summed E-state index contributed by atoms with van der Waals surface area (Å²) in [6.45, 7) is 7.37. The molecule has 120 valence electrons. The molecular formula is C16H33NO3. The predicted octanol–water partition coefficient (Wildman–Crippen LogP) is 2.08. The number of aliphatic hydroxyl groups excluding tert-OH is 2. The van der Waals surface area contributed by atoms with Crippen molar-refractivity contribution < 1.29 is 14.9 Å². The van der Waals surface area contributed by atoms with Crippen LogP contribution >= 0.6 is 0 Å². The van der Waals surface area contributed by atoms with Crippen LogP contribution in [0.4, 0.5) is 0 Å². The van der Waals surface area contributed by atoms with Crippen LogP contribution in [-0.4, -0.2) is 47.7 Å². The van der Waals surface area contributed by atoms with Gasteiger partial charge >= 0.3 is 0 Å². The molecular weight excluding hydrogens is 254 g/mol. The first-order chi connectivity index (χ1) is 9.48. The van der Waals surface area contributed by atoms with Crippen molar-refractivity contribution in [1.29, 1.82) is 0 Å².